The minimum absolute atomic E-state index is 0.224. The molecule has 1 aliphatic rings. The van der Waals surface area contributed by atoms with Crippen molar-refractivity contribution in [3.05, 3.63) is 74.8 Å². The van der Waals surface area contributed by atoms with Gasteiger partial charge in [-0.2, -0.15) is 0 Å². The Morgan fingerprint density at radius 3 is 2.38 bits per heavy atom. The molecule has 1 aliphatic heterocycles. The lowest BCUT2D eigenvalue weighted by molar-refractivity contribution is 0.0652. The molecule has 0 unspecified atom stereocenters. The van der Waals surface area contributed by atoms with Gasteiger partial charge in [0.15, 0.2) is 0 Å². The lowest BCUT2D eigenvalue weighted by Gasteiger charge is -2.14. The van der Waals surface area contributed by atoms with Gasteiger partial charge in [-0.25, -0.2) is 4.98 Å². The van der Waals surface area contributed by atoms with Crippen LogP contribution in [-0.4, -0.2) is 28.2 Å². The van der Waals surface area contributed by atoms with E-state index in [9.17, 15) is 9.59 Å². The van der Waals surface area contributed by atoms with Crippen LogP contribution >= 0.6 is 27.5 Å². The number of pyridine rings is 1. The summed E-state index contributed by atoms with van der Waals surface area (Å²) in [6.45, 7) is 0.362. The van der Waals surface area contributed by atoms with Crippen molar-refractivity contribution < 1.29 is 9.59 Å². The number of aromatic nitrogens is 1. The number of rotatable bonds is 4. The first kappa shape index (κ1) is 17.2. The van der Waals surface area contributed by atoms with Crippen LogP contribution in [0.15, 0.2) is 53.0 Å². The fourth-order valence-corrected chi connectivity index (χ4v) is 3.79. The topological polar surface area (TPSA) is 50.3 Å². The Kier molecular flexibility index (Phi) is 4.51. The number of benzene rings is 2. The second kappa shape index (κ2) is 6.82. The number of imide groups is 1. The van der Waals surface area contributed by atoms with Gasteiger partial charge in [0.1, 0.15) is 5.15 Å². The third-order valence-electron chi connectivity index (χ3n) is 4.51. The molecule has 0 bridgehead atoms. The third-order valence-corrected chi connectivity index (χ3v) is 5.33. The number of amides is 2. The van der Waals surface area contributed by atoms with Crippen molar-refractivity contribution in [1.29, 1.82) is 0 Å². The number of carbonyl (C=O) groups excluding carboxylic acids is 2. The molecule has 6 heteroatoms. The fourth-order valence-electron chi connectivity index (χ4n) is 3.21. The zero-order valence-corrected chi connectivity index (χ0v) is 16.0. The van der Waals surface area contributed by atoms with Gasteiger partial charge in [-0.1, -0.05) is 45.7 Å². The molecule has 0 radical (unpaired) electrons. The highest BCUT2D eigenvalue weighted by atomic mass is 79.9. The smallest absolute Gasteiger partial charge is 0.261 e. The molecule has 0 aliphatic carbocycles. The van der Waals surface area contributed by atoms with Crippen LogP contribution in [0.25, 0.3) is 10.9 Å². The van der Waals surface area contributed by atoms with Crippen LogP contribution in [0, 0.1) is 0 Å². The zero-order valence-electron chi connectivity index (χ0n) is 13.7. The maximum absolute atomic E-state index is 12.4. The molecule has 0 N–H and O–H groups in total. The molecule has 1 aromatic heterocycles. The lowest BCUT2D eigenvalue weighted by atomic mass is 10.1. The van der Waals surface area contributed by atoms with Crippen molar-refractivity contribution in [3.63, 3.8) is 0 Å². The minimum atomic E-state index is -0.224. The summed E-state index contributed by atoms with van der Waals surface area (Å²) < 4.78 is 0.951. The average Bonchev–Trinajstić information content (AvgIpc) is 2.87. The molecule has 4 nitrogen and oxygen atoms in total. The van der Waals surface area contributed by atoms with E-state index in [4.69, 9.17) is 11.6 Å². The second-order valence-corrected chi connectivity index (χ2v) is 7.46. The summed E-state index contributed by atoms with van der Waals surface area (Å²) in [5.74, 6) is -0.448. The standard InChI is InChI=1S/C20H14BrClN2O2/c21-14-8-7-12-10-13(18(22)23-17(12)11-14)4-3-9-24-19(25)15-5-1-2-6-16(15)20(24)26/h1-2,5-8,10-11H,3-4,9H2. The predicted octanol–water partition coefficient (Wildman–Crippen LogP) is 4.88. The summed E-state index contributed by atoms with van der Waals surface area (Å²) >= 11 is 9.73. The molecule has 0 saturated carbocycles. The number of nitrogens with zero attached hydrogens (tertiary/aromatic N) is 2. The van der Waals surface area contributed by atoms with Gasteiger partial charge in [0.25, 0.3) is 11.8 Å². The van der Waals surface area contributed by atoms with Crippen LogP contribution in [0.2, 0.25) is 5.15 Å². The van der Waals surface area contributed by atoms with Crippen molar-refractivity contribution in [2.24, 2.45) is 0 Å². The Morgan fingerprint density at radius 1 is 1.00 bits per heavy atom. The summed E-state index contributed by atoms with van der Waals surface area (Å²) in [5, 5.41) is 1.46. The number of hydrogen-bond acceptors (Lipinski definition) is 3. The SMILES string of the molecule is O=C1c2ccccc2C(=O)N1CCCc1cc2ccc(Br)cc2nc1Cl. The van der Waals surface area contributed by atoms with Crippen LogP contribution in [-0.2, 0) is 6.42 Å². The van der Waals surface area contributed by atoms with E-state index in [-0.39, 0.29) is 11.8 Å². The first-order chi connectivity index (χ1) is 12.5. The molecule has 0 saturated heterocycles. The van der Waals surface area contributed by atoms with Crippen LogP contribution in [0.5, 0.6) is 0 Å². The molecular formula is C20H14BrClN2O2. The quantitative estimate of drug-likeness (QED) is 0.439. The van der Waals surface area contributed by atoms with Crippen molar-refractivity contribution >= 4 is 50.2 Å². The molecule has 2 heterocycles. The van der Waals surface area contributed by atoms with Gasteiger partial charge in [0.05, 0.1) is 16.6 Å². The molecule has 2 aromatic carbocycles. The minimum Gasteiger partial charge on any atom is -0.274 e. The van der Waals surface area contributed by atoms with Crippen LogP contribution < -0.4 is 0 Å². The normalized spacial score (nSPS) is 13.5. The van der Waals surface area contributed by atoms with Crippen molar-refractivity contribution in [2.45, 2.75) is 12.8 Å². The van der Waals surface area contributed by atoms with E-state index in [0.29, 0.717) is 35.7 Å². The van der Waals surface area contributed by atoms with E-state index in [1.54, 1.807) is 24.3 Å². The first-order valence-electron chi connectivity index (χ1n) is 8.24. The van der Waals surface area contributed by atoms with E-state index < -0.39 is 0 Å². The van der Waals surface area contributed by atoms with Crippen LogP contribution in [0.1, 0.15) is 32.7 Å². The highest BCUT2D eigenvalue weighted by molar-refractivity contribution is 9.10. The molecule has 3 aromatic rings. The maximum Gasteiger partial charge on any atom is 0.261 e. The van der Waals surface area contributed by atoms with E-state index in [1.165, 1.54) is 4.90 Å². The second-order valence-electron chi connectivity index (χ2n) is 6.19. The summed E-state index contributed by atoms with van der Waals surface area (Å²) in [6, 6.07) is 14.8. The summed E-state index contributed by atoms with van der Waals surface area (Å²) in [7, 11) is 0. The van der Waals surface area contributed by atoms with Gasteiger partial charge in [-0.15, -0.1) is 0 Å². The summed E-state index contributed by atoms with van der Waals surface area (Å²) in [6.07, 6.45) is 1.28. The highest BCUT2D eigenvalue weighted by Gasteiger charge is 2.34. The molecule has 0 atom stereocenters. The lowest BCUT2D eigenvalue weighted by Crippen LogP contribution is -2.31. The van der Waals surface area contributed by atoms with Crippen molar-refractivity contribution in [1.82, 2.24) is 9.88 Å². The van der Waals surface area contributed by atoms with Crippen LogP contribution in [0.4, 0.5) is 0 Å². The Hall–Kier alpha value is -2.24. The molecular weight excluding hydrogens is 416 g/mol. The third kappa shape index (κ3) is 3.02. The monoisotopic (exact) mass is 428 g/mol. The maximum atomic E-state index is 12.4. The molecule has 0 fully saturated rings. The summed E-state index contributed by atoms with van der Waals surface area (Å²) in [4.78, 5) is 30.5. The molecule has 2 amide bonds. The average molecular weight is 430 g/mol. The number of carbonyl (C=O) groups is 2. The number of aryl methyl sites for hydroxylation is 1. The Balaban J connectivity index is 1.48. The van der Waals surface area contributed by atoms with Gasteiger partial charge >= 0.3 is 0 Å². The summed E-state index contributed by atoms with van der Waals surface area (Å²) in [5.41, 5.74) is 2.70. The fraction of sp³-hybridized carbons (Fsp3) is 0.150. The van der Waals surface area contributed by atoms with E-state index in [2.05, 4.69) is 20.9 Å². The highest BCUT2D eigenvalue weighted by Crippen LogP contribution is 2.26. The van der Waals surface area contributed by atoms with E-state index in [0.717, 1.165) is 20.9 Å². The predicted molar refractivity (Wildman–Crippen MR) is 105 cm³/mol. The largest absolute Gasteiger partial charge is 0.274 e. The zero-order chi connectivity index (χ0) is 18.3. The van der Waals surface area contributed by atoms with Crippen LogP contribution in [0.3, 0.4) is 0 Å². The molecule has 26 heavy (non-hydrogen) atoms. The number of hydrogen-bond donors (Lipinski definition) is 0. The number of fused-ring (bicyclic) bond motifs is 2. The van der Waals surface area contributed by atoms with Gasteiger partial charge in [-0.05, 0) is 48.7 Å². The van der Waals surface area contributed by atoms with Gasteiger partial charge in [0.2, 0.25) is 0 Å². The number of halogens is 2. The Labute approximate surface area is 163 Å². The molecule has 130 valence electrons. The van der Waals surface area contributed by atoms with Gasteiger partial charge in [0, 0.05) is 16.4 Å². The van der Waals surface area contributed by atoms with E-state index in [1.807, 2.05) is 24.3 Å². The van der Waals surface area contributed by atoms with Crippen molar-refractivity contribution in [2.75, 3.05) is 6.54 Å². The van der Waals surface area contributed by atoms with Gasteiger partial charge < -0.3 is 0 Å². The van der Waals surface area contributed by atoms with Gasteiger partial charge in [-0.3, -0.25) is 14.5 Å². The molecule has 0 spiro atoms. The molecule has 4 rings (SSSR count). The Bertz CT molecular complexity index is 1020. The Morgan fingerprint density at radius 2 is 1.69 bits per heavy atom. The van der Waals surface area contributed by atoms with Crippen molar-refractivity contribution in [3.8, 4) is 0 Å². The van der Waals surface area contributed by atoms with E-state index >= 15 is 0 Å². The first-order valence-corrected chi connectivity index (χ1v) is 9.41.